The van der Waals surface area contributed by atoms with Gasteiger partial charge in [0.25, 0.3) is 0 Å². The highest BCUT2D eigenvalue weighted by atomic mass is 32.1. The van der Waals surface area contributed by atoms with Crippen molar-refractivity contribution in [1.82, 2.24) is 4.98 Å². The van der Waals surface area contributed by atoms with Gasteiger partial charge in [0.05, 0.1) is 13.0 Å². The van der Waals surface area contributed by atoms with Crippen molar-refractivity contribution in [3.05, 3.63) is 52.0 Å². The Morgan fingerprint density at radius 2 is 1.96 bits per heavy atom. The number of aromatic nitrogens is 1. The first-order valence-corrected chi connectivity index (χ1v) is 9.59. The monoisotopic (exact) mass is 388 g/mol. The molecule has 2 rings (SSSR count). The SMILES string of the molecule is CCOC(=O)c1csc(C(CC(=O)OC(C)(C)C)N=Cc2ccccc2)n1. The van der Waals surface area contributed by atoms with Crippen LogP contribution < -0.4 is 0 Å². The Hall–Kier alpha value is -2.54. The van der Waals surface area contributed by atoms with Crippen LogP contribution in [0.5, 0.6) is 0 Å². The highest BCUT2D eigenvalue weighted by molar-refractivity contribution is 7.09. The summed E-state index contributed by atoms with van der Waals surface area (Å²) >= 11 is 1.27. The van der Waals surface area contributed by atoms with Crippen LogP contribution in [0.2, 0.25) is 0 Å². The van der Waals surface area contributed by atoms with Gasteiger partial charge in [-0.1, -0.05) is 30.3 Å². The van der Waals surface area contributed by atoms with Crippen molar-refractivity contribution in [2.24, 2.45) is 4.99 Å². The third kappa shape index (κ3) is 6.94. The summed E-state index contributed by atoms with van der Waals surface area (Å²) in [5.74, 6) is -0.853. The number of carbonyl (C=O) groups excluding carboxylic acids is 2. The van der Waals surface area contributed by atoms with E-state index in [1.807, 2.05) is 51.1 Å². The summed E-state index contributed by atoms with van der Waals surface area (Å²) in [6, 6.07) is 9.04. The number of hydrogen-bond donors (Lipinski definition) is 0. The molecule has 0 fully saturated rings. The maximum Gasteiger partial charge on any atom is 0.357 e. The largest absolute Gasteiger partial charge is 0.461 e. The minimum absolute atomic E-state index is 0.0381. The second-order valence-corrected chi connectivity index (χ2v) is 7.68. The summed E-state index contributed by atoms with van der Waals surface area (Å²) in [5, 5.41) is 2.18. The summed E-state index contributed by atoms with van der Waals surface area (Å²) in [4.78, 5) is 33.0. The van der Waals surface area contributed by atoms with Gasteiger partial charge in [0, 0.05) is 11.6 Å². The molecule has 144 valence electrons. The summed E-state index contributed by atoms with van der Waals surface area (Å²) in [6.45, 7) is 7.46. The average Bonchev–Trinajstić information content (AvgIpc) is 3.08. The first-order valence-electron chi connectivity index (χ1n) is 8.71. The van der Waals surface area contributed by atoms with E-state index in [0.717, 1.165) is 5.56 Å². The van der Waals surface area contributed by atoms with Crippen LogP contribution in [0.15, 0.2) is 40.7 Å². The number of thiazole rings is 1. The Balaban J connectivity index is 2.22. The van der Waals surface area contributed by atoms with Crippen LogP contribution in [0.4, 0.5) is 0 Å². The minimum Gasteiger partial charge on any atom is -0.461 e. The van der Waals surface area contributed by atoms with Crippen molar-refractivity contribution in [1.29, 1.82) is 0 Å². The van der Waals surface area contributed by atoms with Gasteiger partial charge in [0.15, 0.2) is 5.69 Å². The third-order valence-corrected chi connectivity index (χ3v) is 4.22. The minimum atomic E-state index is -0.580. The summed E-state index contributed by atoms with van der Waals surface area (Å²) in [7, 11) is 0. The lowest BCUT2D eigenvalue weighted by Crippen LogP contribution is -2.24. The second kappa shape index (κ2) is 9.41. The van der Waals surface area contributed by atoms with Crippen molar-refractivity contribution in [3.63, 3.8) is 0 Å². The van der Waals surface area contributed by atoms with Crippen LogP contribution in [0.1, 0.15) is 61.2 Å². The number of nitrogens with zero attached hydrogens (tertiary/aromatic N) is 2. The topological polar surface area (TPSA) is 77.9 Å². The highest BCUT2D eigenvalue weighted by Gasteiger charge is 2.24. The highest BCUT2D eigenvalue weighted by Crippen LogP contribution is 2.27. The molecular weight excluding hydrogens is 364 g/mol. The normalized spacial score (nSPS) is 12.7. The molecule has 0 amide bonds. The van der Waals surface area contributed by atoms with Gasteiger partial charge in [-0.3, -0.25) is 9.79 Å². The number of aliphatic imine (C=N–C) groups is 1. The van der Waals surface area contributed by atoms with Crippen LogP contribution in [-0.2, 0) is 14.3 Å². The summed E-state index contributed by atoms with van der Waals surface area (Å²) in [6.07, 6.45) is 1.73. The number of esters is 2. The molecule has 27 heavy (non-hydrogen) atoms. The molecule has 2 aromatic rings. The van der Waals surface area contributed by atoms with Gasteiger partial charge >= 0.3 is 11.9 Å². The maximum absolute atomic E-state index is 12.3. The zero-order chi connectivity index (χ0) is 19.9. The third-order valence-electron chi connectivity index (χ3n) is 3.27. The van der Waals surface area contributed by atoms with Gasteiger partial charge in [-0.2, -0.15) is 0 Å². The average molecular weight is 388 g/mol. The lowest BCUT2D eigenvalue weighted by Gasteiger charge is -2.20. The molecule has 0 spiro atoms. The first kappa shape index (κ1) is 20.8. The van der Waals surface area contributed by atoms with E-state index in [1.54, 1.807) is 18.5 Å². The van der Waals surface area contributed by atoms with Crippen molar-refractivity contribution in [3.8, 4) is 0 Å². The Morgan fingerprint density at radius 1 is 1.26 bits per heavy atom. The molecule has 0 aliphatic carbocycles. The zero-order valence-electron chi connectivity index (χ0n) is 16.0. The Kier molecular flexibility index (Phi) is 7.24. The summed E-state index contributed by atoms with van der Waals surface area (Å²) < 4.78 is 10.4. The predicted octanol–water partition coefficient (Wildman–Crippen LogP) is 4.21. The Morgan fingerprint density at radius 3 is 2.59 bits per heavy atom. The Bertz CT molecular complexity index is 794. The standard InChI is InChI=1S/C20H24N2O4S/c1-5-25-19(24)16-13-27-18(22-16)15(11-17(23)26-20(2,3)4)21-12-14-9-7-6-8-10-14/h6-10,12-13,15H,5,11H2,1-4H3. The molecule has 0 aliphatic heterocycles. The van der Waals surface area contributed by atoms with E-state index in [4.69, 9.17) is 9.47 Å². The van der Waals surface area contributed by atoms with Gasteiger partial charge in [-0.05, 0) is 33.3 Å². The molecule has 0 radical (unpaired) electrons. The molecule has 0 N–H and O–H groups in total. The van der Waals surface area contributed by atoms with Crippen LogP contribution in [0.3, 0.4) is 0 Å². The lowest BCUT2D eigenvalue weighted by atomic mass is 10.1. The van der Waals surface area contributed by atoms with Gasteiger partial charge in [-0.25, -0.2) is 9.78 Å². The smallest absolute Gasteiger partial charge is 0.357 e. The van der Waals surface area contributed by atoms with E-state index in [2.05, 4.69) is 9.98 Å². The fourth-order valence-electron chi connectivity index (χ4n) is 2.20. The van der Waals surface area contributed by atoms with Gasteiger partial charge in [0.1, 0.15) is 16.7 Å². The number of rotatable bonds is 7. The van der Waals surface area contributed by atoms with E-state index < -0.39 is 17.6 Å². The van der Waals surface area contributed by atoms with Crippen molar-refractivity contribution < 1.29 is 19.1 Å². The van der Waals surface area contributed by atoms with E-state index in [1.165, 1.54) is 11.3 Å². The van der Waals surface area contributed by atoms with E-state index in [9.17, 15) is 9.59 Å². The molecule has 6 nitrogen and oxygen atoms in total. The summed E-state index contributed by atoms with van der Waals surface area (Å²) in [5.41, 5.74) is 0.554. The molecule has 1 aromatic carbocycles. The van der Waals surface area contributed by atoms with E-state index in [0.29, 0.717) is 5.01 Å². The fourth-order valence-corrected chi connectivity index (χ4v) is 3.03. The van der Waals surface area contributed by atoms with Gasteiger partial charge < -0.3 is 9.47 Å². The van der Waals surface area contributed by atoms with Gasteiger partial charge in [0.2, 0.25) is 0 Å². The number of benzene rings is 1. The zero-order valence-corrected chi connectivity index (χ0v) is 16.8. The maximum atomic E-state index is 12.3. The van der Waals surface area contributed by atoms with Crippen LogP contribution >= 0.6 is 11.3 Å². The molecule has 7 heteroatoms. The van der Waals surface area contributed by atoms with Crippen molar-refractivity contribution >= 4 is 29.5 Å². The van der Waals surface area contributed by atoms with Crippen molar-refractivity contribution in [2.75, 3.05) is 6.61 Å². The molecule has 1 heterocycles. The van der Waals surface area contributed by atoms with Crippen LogP contribution in [0, 0.1) is 0 Å². The van der Waals surface area contributed by atoms with Crippen molar-refractivity contribution in [2.45, 2.75) is 45.8 Å². The molecule has 0 saturated heterocycles. The van der Waals surface area contributed by atoms with Crippen LogP contribution in [-0.4, -0.2) is 35.3 Å². The molecule has 1 atom stereocenters. The van der Waals surface area contributed by atoms with E-state index >= 15 is 0 Å². The number of carbonyl (C=O) groups is 2. The molecule has 0 bridgehead atoms. The van der Waals surface area contributed by atoms with Gasteiger partial charge in [-0.15, -0.1) is 11.3 Å². The fraction of sp³-hybridized carbons (Fsp3) is 0.400. The Labute approximate surface area is 163 Å². The quantitative estimate of drug-likeness (QED) is 0.524. The van der Waals surface area contributed by atoms with Crippen LogP contribution in [0.25, 0.3) is 0 Å². The molecule has 0 saturated carbocycles. The molecule has 1 aromatic heterocycles. The molecule has 0 aliphatic rings. The van der Waals surface area contributed by atoms with E-state index in [-0.39, 0.29) is 24.7 Å². The predicted molar refractivity (Wildman–Crippen MR) is 105 cm³/mol. The molecule has 1 unspecified atom stereocenters. The number of ether oxygens (including phenoxy) is 2. The second-order valence-electron chi connectivity index (χ2n) is 6.79. The number of hydrogen-bond acceptors (Lipinski definition) is 7. The molecular formula is C20H24N2O4S. The first-order chi connectivity index (χ1) is 12.8. The lowest BCUT2D eigenvalue weighted by molar-refractivity contribution is -0.155.